The highest BCUT2D eigenvalue weighted by Gasteiger charge is 2.17. The van der Waals surface area contributed by atoms with Crippen LogP contribution in [-0.4, -0.2) is 34.3 Å². The number of aliphatic hydroxyl groups is 1. The molecule has 4 N–H and O–H groups in total. The summed E-state index contributed by atoms with van der Waals surface area (Å²) in [6, 6.07) is 18.1. The second-order valence-corrected chi connectivity index (χ2v) is 6.70. The highest BCUT2D eigenvalue weighted by atomic mass is 16.5. The number of nitrogens with zero attached hydrogens (tertiary/aromatic N) is 2. The summed E-state index contributed by atoms with van der Waals surface area (Å²) in [6.45, 7) is 1.56. The van der Waals surface area contributed by atoms with Crippen LogP contribution in [0.1, 0.15) is 11.3 Å². The van der Waals surface area contributed by atoms with Crippen LogP contribution in [0.2, 0.25) is 0 Å². The lowest BCUT2D eigenvalue weighted by Crippen LogP contribution is -2.14. The average Bonchev–Trinajstić information content (AvgIpc) is 3.08. The van der Waals surface area contributed by atoms with Gasteiger partial charge in [-0.2, -0.15) is 5.10 Å². The summed E-state index contributed by atoms with van der Waals surface area (Å²) in [7, 11) is 0. The van der Waals surface area contributed by atoms with E-state index in [1.807, 2.05) is 41.1 Å². The fraction of sp³-hybridized carbons (Fsp3) is 0.182. The summed E-state index contributed by atoms with van der Waals surface area (Å²) < 4.78 is 8.04. The standard InChI is InChI=1S/C22H23N5O2/c23-12-19(13-24-8-9-28)25-18-7-6-17-14-27-20(15-29-22(17)10-18)11-21(26-27)16-4-2-1-3-5-16/h1-7,10-13,23-25,28H,8-9,14-15H2/b19-13+,23-12?. The van der Waals surface area contributed by atoms with Crippen molar-refractivity contribution in [2.45, 2.75) is 13.2 Å². The molecular weight excluding hydrogens is 366 g/mol. The van der Waals surface area contributed by atoms with Crippen LogP contribution in [0.15, 0.2) is 66.5 Å². The zero-order chi connectivity index (χ0) is 20.1. The van der Waals surface area contributed by atoms with Gasteiger partial charge in [-0.1, -0.05) is 36.4 Å². The molecule has 0 bridgehead atoms. The number of anilines is 1. The van der Waals surface area contributed by atoms with E-state index < -0.39 is 0 Å². The Bertz CT molecular complexity index is 1030. The van der Waals surface area contributed by atoms with E-state index in [2.05, 4.69) is 28.8 Å². The molecule has 0 radical (unpaired) electrons. The second-order valence-electron chi connectivity index (χ2n) is 6.70. The van der Waals surface area contributed by atoms with Crippen molar-refractivity contribution in [1.29, 1.82) is 5.41 Å². The van der Waals surface area contributed by atoms with Crippen LogP contribution in [0, 0.1) is 5.41 Å². The molecule has 0 atom stereocenters. The molecule has 0 unspecified atom stereocenters. The van der Waals surface area contributed by atoms with E-state index in [0.29, 0.717) is 25.4 Å². The lowest BCUT2D eigenvalue weighted by Gasteiger charge is -2.12. The summed E-state index contributed by atoms with van der Waals surface area (Å²) in [4.78, 5) is 0. The van der Waals surface area contributed by atoms with E-state index >= 15 is 0 Å². The normalized spacial score (nSPS) is 12.9. The van der Waals surface area contributed by atoms with Crippen molar-refractivity contribution in [2.24, 2.45) is 0 Å². The Morgan fingerprint density at radius 1 is 1.21 bits per heavy atom. The molecule has 0 amide bonds. The maximum absolute atomic E-state index is 8.85. The predicted octanol–water partition coefficient (Wildman–Crippen LogP) is 2.98. The number of ether oxygens (including phenoxy) is 1. The third kappa shape index (κ3) is 4.30. The lowest BCUT2D eigenvalue weighted by molar-refractivity contribution is 0.298. The quantitative estimate of drug-likeness (QED) is 0.368. The number of allylic oxidation sites excluding steroid dienone is 1. The molecule has 1 aliphatic rings. The molecule has 148 valence electrons. The molecule has 0 aliphatic carbocycles. The Labute approximate surface area is 169 Å². The van der Waals surface area contributed by atoms with E-state index in [0.717, 1.165) is 34.0 Å². The van der Waals surface area contributed by atoms with Crippen LogP contribution in [-0.2, 0) is 13.2 Å². The fourth-order valence-corrected chi connectivity index (χ4v) is 3.20. The first-order valence-electron chi connectivity index (χ1n) is 9.46. The van der Waals surface area contributed by atoms with Crippen LogP contribution in [0.3, 0.4) is 0 Å². The highest BCUT2D eigenvalue weighted by molar-refractivity contribution is 5.80. The van der Waals surface area contributed by atoms with Gasteiger partial charge in [0, 0.05) is 41.8 Å². The highest BCUT2D eigenvalue weighted by Crippen LogP contribution is 2.30. The summed E-state index contributed by atoms with van der Waals surface area (Å²) in [5.41, 5.74) is 5.54. The maximum Gasteiger partial charge on any atom is 0.130 e. The Balaban J connectivity index is 1.52. The summed E-state index contributed by atoms with van der Waals surface area (Å²) in [6.07, 6.45) is 2.88. The minimum atomic E-state index is 0.0370. The molecule has 7 heteroatoms. The van der Waals surface area contributed by atoms with Crippen molar-refractivity contribution in [3.05, 3.63) is 77.8 Å². The van der Waals surface area contributed by atoms with Crippen LogP contribution >= 0.6 is 0 Å². The van der Waals surface area contributed by atoms with Crippen LogP contribution < -0.4 is 15.4 Å². The number of benzene rings is 2. The molecule has 2 aromatic carbocycles. The van der Waals surface area contributed by atoms with Crippen LogP contribution in [0.25, 0.3) is 11.3 Å². The van der Waals surface area contributed by atoms with Crippen molar-refractivity contribution in [2.75, 3.05) is 18.5 Å². The Morgan fingerprint density at radius 3 is 2.86 bits per heavy atom. The predicted molar refractivity (Wildman–Crippen MR) is 113 cm³/mol. The van der Waals surface area contributed by atoms with Crippen molar-refractivity contribution in [3.63, 3.8) is 0 Å². The minimum Gasteiger partial charge on any atom is -0.487 e. The van der Waals surface area contributed by atoms with Gasteiger partial charge in [-0.05, 0) is 12.1 Å². The molecule has 4 rings (SSSR count). The topological polar surface area (TPSA) is 95.2 Å². The maximum atomic E-state index is 8.85. The van der Waals surface area contributed by atoms with Gasteiger partial charge in [0.25, 0.3) is 0 Å². The third-order valence-corrected chi connectivity index (χ3v) is 4.65. The van der Waals surface area contributed by atoms with E-state index in [9.17, 15) is 0 Å². The number of hydrogen-bond acceptors (Lipinski definition) is 6. The SMILES string of the molecule is N=C/C(=C\NCCO)Nc1ccc2c(c1)OCc1cc(-c3ccccc3)nn1C2. The number of fused-ring (bicyclic) bond motifs is 2. The molecule has 7 nitrogen and oxygen atoms in total. The lowest BCUT2D eigenvalue weighted by atomic mass is 10.1. The first-order valence-corrected chi connectivity index (χ1v) is 9.46. The van der Waals surface area contributed by atoms with Gasteiger partial charge in [0.15, 0.2) is 0 Å². The zero-order valence-corrected chi connectivity index (χ0v) is 15.9. The molecule has 29 heavy (non-hydrogen) atoms. The molecule has 2 heterocycles. The largest absolute Gasteiger partial charge is 0.487 e. The first-order chi connectivity index (χ1) is 14.3. The summed E-state index contributed by atoms with van der Waals surface area (Å²) >= 11 is 0. The first kappa shape index (κ1) is 18.8. The number of aromatic nitrogens is 2. The van der Waals surface area contributed by atoms with Gasteiger partial charge in [0.2, 0.25) is 0 Å². The van der Waals surface area contributed by atoms with Gasteiger partial charge in [-0.3, -0.25) is 4.68 Å². The molecular formula is C22H23N5O2. The molecule has 3 aromatic rings. The summed E-state index contributed by atoms with van der Waals surface area (Å²) in [5.74, 6) is 0.800. The van der Waals surface area contributed by atoms with E-state index in [-0.39, 0.29) is 6.61 Å². The molecule has 0 saturated heterocycles. The molecule has 0 fully saturated rings. The number of hydrogen-bond donors (Lipinski definition) is 4. The summed E-state index contributed by atoms with van der Waals surface area (Å²) in [5, 5.41) is 27.2. The van der Waals surface area contributed by atoms with Crippen molar-refractivity contribution in [3.8, 4) is 17.0 Å². The van der Waals surface area contributed by atoms with Gasteiger partial charge in [-0.15, -0.1) is 0 Å². The van der Waals surface area contributed by atoms with Gasteiger partial charge in [0.05, 0.1) is 30.2 Å². The van der Waals surface area contributed by atoms with Crippen molar-refractivity contribution in [1.82, 2.24) is 15.1 Å². The van der Waals surface area contributed by atoms with Crippen molar-refractivity contribution >= 4 is 11.9 Å². The molecule has 0 saturated carbocycles. The molecule has 0 spiro atoms. The smallest absolute Gasteiger partial charge is 0.130 e. The second kappa shape index (κ2) is 8.62. The van der Waals surface area contributed by atoms with Crippen LogP contribution in [0.5, 0.6) is 5.75 Å². The molecule has 1 aromatic heterocycles. The molecule has 1 aliphatic heterocycles. The van der Waals surface area contributed by atoms with Gasteiger partial charge >= 0.3 is 0 Å². The van der Waals surface area contributed by atoms with Gasteiger partial charge < -0.3 is 25.9 Å². The monoisotopic (exact) mass is 389 g/mol. The van der Waals surface area contributed by atoms with E-state index in [1.54, 1.807) is 6.20 Å². The van der Waals surface area contributed by atoms with Gasteiger partial charge in [0.1, 0.15) is 12.4 Å². The van der Waals surface area contributed by atoms with Gasteiger partial charge in [-0.25, -0.2) is 0 Å². The third-order valence-electron chi connectivity index (χ3n) is 4.65. The van der Waals surface area contributed by atoms with Crippen molar-refractivity contribution < 1.29 is 9.84 Å². The Hall–Kier alpha value is -3.58. The minimum absolute atomic E-state index is 0.0370. The Morgan fingerprint density at radius 2 is 2.07 bits per heavy atom. The number of nitrogens with one attached hydrogen (secondary N) is 3. The average molecular weight is 389 g/mol. The number of aliphatic hydroxyl groups excluding tert-OH is 1. The van der Waals surface area contributed by atoms with Crippen LogP contribution in [0.4, 0.5) is 5.69 Å². The van der Waals surface area contributed by atoms with E-state index in [4.69, 9.17) is 20.4 Å². The van der Waals surface area contributed by atoms with E-state index in [1.165, 1.54) is 6.21 Å². The zero-order valence-electron chi connectivity index (χ0n) is 15.9. The fourth-order valence-electron chi connectivity index (χ4n) is 3.20. The number of rotatable bonds is 7. The Kier molecular flexibility index (Phi) is 5.58.